The fourth-order valence-corrected chi connectivity index (χ4v) is 2.78. The second-order valence-electron chi connectivity index (χ2n) is 4.54. The molecule has 0 radical (unpaired) electrons. The highest BCUT2D eigenvalue weighted by atomic mass is 19.3. The third-order valence-electron chi connectivity index (χ3n) is 3.69. The number of fused-ring (bicyclic) bond motifs is 1. The Balaban J connectivity index is 2.21. The van der Waals surface area contributed by atoms with Crippen LogP contribution in [0.25, 0.3) is 0 Å². The number of rotatable bonds is 1. The molecule has 0 amide bonds. The van der Waals surface area contributed by atoms with Crippen LogP contribution in [0.5, 0.6) is 0 Å². The number of carbonyl (C=O) groups is 1. The lowest BCUT2D eigenvalue weighted by molar-refractivity contribution is -0.163. The zero-order chi connectivity index (χ0) is 11.1. The molecule has 0 spiro atoms. The smallest absolute Gasteiger partial charge is 0.313 e. The van der Waals surface area contributed by atoms with Crippen molar-refractivity contribution in [2.75, 3.05) is 20.2 Å². The van der Waals surface area contributed by atoms with E-state index in [4.69, 9.17) is 4.74 Å². The van der Waals surface area contributed by atoms with Crippen LogP contribution in [0.4, 0.5) is 8.78 Å². The van der Waals surface area contributed by atoms with E-state index in [1.165, 1.54) is 7.11 Å². The van der Waals surface area contributed by atoms with E-state index in [1.54, 1.807) is 0 Å². The van der Waals surface area contributed by atoms with Crippen molar-refractivity contribution in [1.29, 1.82) is 0 Å². The van der Waals surface area contributed by atoms with Gasteiger partial charge in [-0.05, 0) is 18.9 Å². The number of nitrogens with one attached hydrogen (secondary N) is 1. The van der Waals surface area contributed by atoms with Crippen molar-refractivity contribution in [1.82, 2.24) is 5.32 Å². The average Bonchev–Trinajstić information content (AvgIpc) is 2.59. The lowest BCUT2D eigenvalue weighted by Crippen LogP contribution is -2.46. The fourth-order valence-electron chi connectivity index (χ4n) is 2.78. The minimum Gasteiger partial charge on any atom is -0.469 e. The van der Waals surface area contributed by atoms with Crippen LogP contribution in [0.1, 0.15) is 19.3 Å². The molecule has 1 N–H and O–H groups in total. The monoisotopic (exact) mass is 219 g/mol. The molecule has 1 heterocycles. The van der Waals surface area contributed by atoms with Crippen molar-refractivity contribution in [2.24, 2.45) is 11.3 Å². The number of esters is 1. The number of methoxy groups -OCH3 is 1. The van der Waals surface area contributed by atoms with Crippen LogP contribution in [0, 0.1) is 11.3 Å². The van der Waals surface area contributed by atoms with E-state index >= 15 is 0 Å². The normalized spacial score (nSPS) is 38.5. The summed E-state index contributed by atoms with van der Waals surface area (Å²) in [6.45, 7) is 0.963. The van der Waals surface area contributed by atoms with E-state index in [2.05, 4.69) is 5.32 Å². The molecule has 2 fully saturated rings. The fraction of sp³-hybridized carbons (Fsp3) is 0.900. The van der Waals surface area contributed by atoms with Gasteiger partial charge in [-0.15, -0.1) is 0 Å². The SMILES string of the molecule is COC(=O)C12CCC(F)(F)CC1CNC2. The summed E-state index contributed by atoms with van der Waals surface area (Å²) in [6, 6.07) is 0. The Bertz CT molecular complexity index is 283. The van der Waals surface area contributed by atoms with Crippen molar-refractivity contribution in [3.05, 3.63) is 0 Å². The molecule has 15 heavy (non-hydrogen) atoms. The van der Waals surface area contributed by atoms with Crippen LogP contribution in [-0.4, -0.2) is 32.1 Å². The number of ether oxygens (including phenoxy) is 1. The second-order valence-corrected chi connectivity index (χ2v) is 4.54. The molecule has 1 aliphatic heterocycles. The van der Waals surface area contributed by atoms with Gasteiger partial charge in [0, 0.05) is 19.4 Å². The van der Waals surface area contributed by atoms with Gasteiger partial charge in [0.1, 0.15) is 0 Å². The first-order chi connectivity index (χ1) is 7.00. The predicted octanol–water partition coefficient (Wildman–Crippen LogP) is 1.18. The first kappa shape index (κ1) is 10.8. The summed E-state index contributed by atoms with van der Waals surface area (Å²) in [5.41, 5.74) is -0.698. The average molecular weight is 219 g/mol. The molecule has 2 rings (SSSR count). The van der Waals surface area contributed by atoms with Gasteiger partial charge in [0.05, 0.1) is 12.5 Å². The van der Waals surface area contributed by atoms with Gasteiger partial charge in [0.15, 0.2) is 0 Å². The Hall–Kier alpha value is -0.710. The van der Waals surface area contributed by atoms with Crippen LogP contribution in [0.2, 0.25) is 0 Å². The molecule has 1 aliphatic carbocycles. The zero-order valence-electron chi connectivity index (χ0n) is 8.69. The molecule has 0 bridgehead atoms. The first-order valence-corrected chi connectivity index (χ1v) is 5.17. The molecule has 86 valence electrons. The highest BCUT2D eigenvalue weighted by molar-refractivity contribution is 5.78. The number of carbonyl (C=O) groups excluding carboxylic acids is 1. The Morgan fingerprint density at radius 1 is 1.47 bits per heavy atom. The molecule has 2 unspecified atom stereocenters. The second kappa shape index (κ2) is 3.40. The van der Waals surface area contributed by atoms with E-state index in [9.17, 15) is 13.6 Å². The zero-order valence-corrected chi connectivity index (χ0v) is 8.69. The van der Waals surface area contributed by atoms with E-state index < -0.39 is 11.3 Å². The van der Waals surface area contributed by atoms with Crippen LogP contribution >= 0.6 is 0 Å². The first-order valence-electron chi connectivity index (χ1n) is 5.17. The Labute approximate surface area is 87.2 Å². The van der Waals surface area contributed by atoms with Gasteiger partial charge >= 0.3 is 5.97 Å². The van der Waals surface area contributed by atoms with E-state index in [0.29, 0.717) is 13.1 Å². The Morgan fingerprint density at radius 2 is 2.20 bits per heavy atom. The molecular formula is C10H15F2NO2. The van der Waals surface area contributed by atoms with Crippen molar-refractivity contribution in [3.63, 3.8) is 0 Å². The minimum absolute atomic E-state index is 0.199. The summed E-state index contributed by atoms with van der Waals surface area (Å²) in [4.78, 5) is 11.7. The highest BCUT2D eigenvalue weighted by Gasteiger charge is 2.57. The summed E-state index contributed by atoms with van der Waals surface area (Å²) < 4.78 is 31.1. The predicted molar refractivity (Wildman–Crippen MR) is 49.6 cm³/mol. The molecule has 0 aromatic heterocycles. The number of alkyl halides is 2. The van der Waals surface area contributed by atoms with Gasteiger partial charge < -0.3 is 10.1 Å². The van der Waals surface area contributed by atoms with Gasteiger partial charge in [-0.1, -0.05) is 0 Å². The molecule has 2 atom stereocenters. The largest absolute Gasteiger partial charge is 0.469 e. The van der Waals surface area contributed by atoms with E-state index in [0.717, 1.165) is 0 Å². The molecule has 1 saturated heterocycles. The quantitative estimate of drug-likeness (QED) is 0.673. The maximum atomic E-state index is 13.2. The van der Waals surface area contributed by atoms with Gasteiger partial charge in [-0.3, -0.25) is 4.79 Å². The van der Waals surface area contributed by atoms with Crippen molar-refractivity contribution in [2.45, 2.75) is 25.2 Å². The molecule has 1 saturated carbocycles. The molecule has 0 aromatic rings. The Morgan fingerprint density at radius 3 is 2.87 bits per heavy atom. The van der Waals surface area contributed by atoms with Crippen molar-refractivity contribution in [3.8, 4) is 0 Å². The van der Waals surface area contributed by atoms with Crippen LogP contribution < -0.4 is 5.32 Å². The topological polar surface area (TPSA) is 38.3 Å². The number of hydrogen-bond acceptors (Lipinski definition) is 3. The summed E-state index contributed by atoms with van der Waals surface area (Å²) in [6.07, 6.45) is -0.181. The standard InChI is InChI=1S/C10H15F2NO2/c1-15-8(14)9-2-3-10(11,12)4-7(9)5-13-6-9/h7,13H,2-6H2,1H3. The molecule has 5 heteroatoms. The van der Waals surface area contributed by atoms with Gasteiger partial charge in [0.2, 0.25) is 5.92 Å². The lowest BCUT2D eigenvalue weighted by atomic mass is 9.67. The minimum atomic E-state index is -2.62. The van der Waals surface area contributed by atoms with E-state index in [1.807, 2.05) is 0 Å². The number of hydrogen-bond donors (Lipinski definition) is 1. The third-order valence-corrected chi connectivity index (χ3v) is 3.69. The van der Waals surface area contributed by atoms with Crippen LogP contribution in [0.15, 0.2) is 0 Å². The van der Waals surface area contributed by atoms with Crippen LogP contribution in [-0.2, 0) is 9.53 Å². The molecule has 2 aliphatic rings. The highest BCUT2D eigenvalue weighted by Crippen LogP contribution is 2.49. The summed E-state index contributed by atoms with van der Waals surface area (Å²) in [7, 11) is 1.32. The third kappa shape index (κ3) is 1.62. The van der Waals surface area contributed by atoms with Gasteiger partial charge in [0.25, 0.3) is 0 Å². The molecule has 3 nitrogen and oxygen atoms in total. The van der Waals surface area contributed by atoms with Gasteiger partial charge in [-0.25, -0.2) is 8.78 Å². The summed E-state index contributed by atoms with van der Waals surface area (Å²) in [5, 5.41) is 3.02. The Kier molecular flexibility index (Phi) is 2.45. The van der Waals surface area contributed by atoms with Crippen LogP contribution in [0.3, 0.4) is 0 Å². The number of halogens is 2. The van der Waals surface area contributed by atoms with Crippen molar-refractivity contribution >= 4 is 5.97 Å². The maximum absolute atomic E-state index is 13.2. The lowest BCUT2D eigenvalue weighted by Gasteiger charge is -2.39. The molecular weight excluding hydrogens is 204 g/mol. The maximum Gasteiger partial charge on any atom is 0.313 e. The van der Waals surface area contributed by atoms with Gasteiger partial charge in [-0.2, -0.15) is 0 Å². The van der Waals surface area contributed by atoms with E-state index in [-0.39, 0.29) is 31.1 Å². The van der Waals surface area contributed by atoms with Crippen molar-refractivity contribution < 1.29 is 18.3 Å². The summed E-state index contributed by atoms with van der Waals surface area (Å²) >= 11 is 0. The summed E-state index contributed by atoms with van der Waals surface area (Å²) in [5.74, 6) is -3.24. The molecule has 0 aromatic carbocycles.